The second-order valence-electron chi connectivity index (χ2n) is 9.05. The number of hydrogen-bond donors (Lipinski definition) is 1. The second-order valence-corrected chi connectivity index (χ2v) is 9.05. The molecule has 4 atom stereocenters. The van der Waals surface area contributed by atoms with Gasteiger partial charge in [-0.25, -0.2) is 0 Å². The van der Waals surface area contributed by atoms with Crippen molar-refractivity contribution in [2.45, 2.75) is 37.8 Å². The molecule has 0 unspecified atom stereocenters. The summed E-state index contributed by atoms with van der Waals surface area (Å²) < 4.78 is 0. The van der Waals surface area contributed by atoms with Crippen LogP contribution in [0.15, 0.2) is 84.9 Å². The van der Waals surface area contributed by atoms with E-state index in [0.29, 0.717) is 11.6 Å². The molecule has 3 heteroatoms. The molecule has 1 N–H and O–H groups in total. The van der Waals surface area contributed by atoms with Crippen molar-refractivity contribution in [2.24, 2.45) is 5.92 Å². The number of nitrogens with zero attached hydrogens (tertiary/aromatic N) is 1. The summed E-state index contributed by atoms with van der Waals surface area (Å²) >= 11 is 0. The van der Waals surface area contributed by atoms with E-state index < -0.39 is 0 Å². The van der Waals surface area contributed by atoms with Gasteiger partial charge in [0.15, 0.2) is 5.78 Å². The van der Waals surface area contributed by atoms with Gasteiger partial charge >= 0.3 is 0 Å². The predicted molar refractivity (Wildman–Crippen MR) is 129 cm³/mol. The second kappa shape index (κ2) is 8.76. The summed E-state index contributed by atoms with van der Waals surface area (Å²) in [4.78, 5) is 16.5. The van der Waals surface area contributed by atoms with E-state index in [1.165, 1.54) is 11.1 Å². The monoisotopic (exact) mass is 423 g/mol. The molecular formula is C29H29NO2. The van der Waals surface area contributed by atoms with Crippen molar-refractivity contribution in [3.05, 3.63) is 107 Å². The Kier molecular flexibility index (Phi) is 5.67. The lowest BCUT2D eigenvalue weighted by Gasteiger charge is -2.25. The Balaban J connectivity index is 1.60. The fourth-order valence-electron chi connectivity index (χ4n) is 5.63. The van der Waals surface area contributed by atoms with Crippen molar-refractivity contribution in [1.82, 2.24) is 4.90 Å². The number of phenolic OH excluding ortho intramolecular Hbond substituents is 1. The normalized spacial score (nSPS) is 25.3. The highest BCUT2D eigenvalue weighted by molar-refractivity contribution is 6.01. The number of fused-ring (bicyclic) bond motifs is 1. The average Bonchev–Trinajstić information content (AvgIpc) is 3.40. The standard InChI is InChI=1S/C29H29NO2/c1-20-13-16-22(17-14-20)27-24-11-7-19-30(24)25(18-15-21-8-3-2-4-9-21)28(27)29(32)23-10-5-6-12-26(23)31/h2-6,8-10,12-18,24-25,27-28,31H,7,11,19H2,1H3/b18-15+/t24-,25-,27-,28-/m0/s1. The number of ketones is 1. The fraction of sp³-hybridized carbons (Fsp3) is 0.276. The smallest absolute Gasteiger partial charge is 0.172 e. The zero-order valence-electron chi connectivity index (χ0n) is 18.4. The van der Waals surface area contributed by atoms with E-state index in [1.54, 1.807) is 18.2 Å². The third-order valence-electron chi connectivity index (χ3n) is 7.11. The minimum Gasteiger partial charge on any atom is -0.507 e. The first kappa shape index (κ1) is 20.7. The molecule has 3 aromatic rings. The van der Waals surface area contributed by atoms with Gasteiger partial charge in [-0.2, -0.15) is 0 Å². The molecule has 5 rings (SSSR count). The lowest BCUT2D eigenvalue weighted by molar-refractivity contribution is 0.0891. The summed E-state index contributed by atoms with van der Waals surface area (Å²) in [5.74, 6) is -0.0318. The van der Waals surface area contributed by atoms with Gasteiger partial charge in [0, 0.05) is 18.0 Å². The van der Waals surface area contributed by atoms with E-state index in [9.17, 15) is 9.90 Å². The number of carbonyl (C=O) groups excluding carboxylic acids is 1. The Bertz CT molecular complexity index is 1120. The van der Waals surface area contributed by atoms with Crippen LogP contribution < -0.4 is 0 Å². The van der Waals surface area contributed by atoms with Crippen LogP contribution in [0.4, 0.5) is 0 Å². The molecule has 0 radical (unpaired) electrons. The summed E-state index contributed by atoms with van der Waals surface area (Å²) in [6, 6.07) is 26.2. The fourth-order valence-corrected chi connectivity index (χ4v) is 5.63. The molecule has 2 heterocycles. The number of phenols is 1. The Labute approximate surface area is 190 Å². The Morgan fingerprint density at radius 1 is 0.969 bits per heavy atom. The number of aryl methyl sites for hydroxylation is 1. The van der Waals surface area contributed by atoms with Crippen LogP contribution in [0.5, 0.6) is 5.75 Å². The maximum atomic E-state index is 14.0. The number of hydrogen-bond acceptors (Lipinski definition) is 3. The predicted octanol–water partition coefficient (Wildman–Crippen LogP) is 5.84. The third-order valence-corrected chi connectivity index (χ3v) is 7.11. The number of benzene rings is 3. The third kappa shape index (κ3) is 3.78. The van der Waals surface area contributed by atoms with Gasteiger partial charge < -0.3 is 5.11 Å². The van der Waals surface area contributed by atoms with Crippen molar-refractivity contribution in [3.63, 3.8) is 0 Å². The van der Waals surface area contributed by atoms with Crippen molar-refractivity contribution in [1.29, 1.82) is 0 Å². The van der Waals surface area contributed by atoms with E-state index in [-0.39, 0.29) is 29.4 Å². The highest BCUT2D eigenvalue weighted by Gasteiger charge is 2.53. The molecule has 2 aliphatic rings. The number of Topliss-reactive ketones (excluding diaryl/α,β-unsaturated/α-hetero) is 1. The Morgan fingerprint density at radius 3 is 2.44 bits per heavy atom. The van der Waals surface area contributed by atoms with E-state index >= 15 is 0 Å². The maximum Gasteiger partial charge on any atom is 0.172 e. The van der Waals surface area contributed by atoms with Crippen LogP contribution in [0.2, 0.25) is 0 Å². The molecule has 2 aliphatic heterocycles. The van der Waals surface area contributed by atoms with Gasteiger partial charge in [0.25, 0.3) is 0 Å². The lowest BCUT2D eigenvalue weighted by atomic mass is 9.76. The first-order chi connectivity index (χ1) is 15.6. The molecule has 2 fully saturated rings. The van der Waals surface area contributed by atoms with Crippen LogP contribution in [-0.4, -0.2) is 34.4 Å². The van der Waals surface area contributed by atoms with Gasteiger partial charge in [-0.05, 0) is 49.6 Å². The van der Waals surface area contributed by atoms with Crippen molar-refractivity contribution >= 4 is 11.9 Å². The van der Waals surface area contributed by atoms with Crippen LogP contribution in [0, 0.1) is 12.8 Å². The van der Waals surface area contributed by atoms with Crippen molar-refractivity contribution in [2.75, 3.05) is 6.54 Å². The number of aromatic hydroxyl groups is 1. The molecule has 0 spiro atoms. The van der Waals surface area contributed by atoms with Crippen LogP contribution in [-0.2, 0) is 0 Å². The molecule has 0 saturated carbocycles. The minimum absolute atomic E-state index is 0.00103. The van der Waals surface area contributed by atoms with Crippen molar-refractivity contribution in [3.8, 4) is 5.75 Å². The molecule has 0 aromatic heterocycles. The van der Waals surface area contributed by atoms with Crippen LogP contribution in [0.25, 0.3) is 6.08 Å². The summed E-state index contributed by atoms with van der Waals surface area (Å²) in [5, 5.41) is 10.5. The van der Waals surface area contributed by atoms with E-state index in [4.69, 9.17) is 0 Å². The molecule has 0 aliphatic carbocycles. The number of para-hydroxylation sites is 1. The summed E-state index contributed by atoms with van der Waals surface area (Å²) in [6.07, 6.45) is 6.60. The van der Waals surface area contributed by atoms with Crippen LogP contribution >= 0.6 is 0 Å². The van der Waals surface area contributed by atoms with Gasteiger partial charge in [-0.15, -0.1) is 0 Å². The van der Waals surface area contributed by atoms with Gasteiger partial charge in [-0.3, -0.25) is 9.69 Å². The van der Waals surface area contributed by atoms with E-state index in [1.807, 2.05) is 24.3 Å². The quantitative estimate of drug-likeness (QED) is 0.524. The zero-order valence-corrected chi connectivity index (χ0v) is 18.4. The Morgan fingerprint density at radius 2 is 1.69 bits per heavy atom. The first-order valence-electron chi connectivity index (χ1n) is 11.5. The van der Waals surface area contributed by atoms with Gasteiger partial charge in [0.2, 0.25) is 0 Å². The molecule has 0 amide bonds. The summed E-state index contributed by atoms with van der Waals surface area (Å²) in [6.45, 7) is 3.09. The van der Waals surface area contributed by atoms with E-state index in [0.717, 1.165) is 24.9 Å². The van der Waals surface area contributed by atoms with E-state index in [2.05, 4.69) is 60.4 Å². The largest absolute Gasteiger partial charge is 0.507 e. The van der Waals surface area contributed by atoms with Crippen molar-refractivity contribution < 1.29 is 9.90 Å². The van der Waals surface area contributed by atoms with Crippen LogP contribution in [0.1, 0.15) is 45.8 Å². The molecule has 32 heavy (non-hydrogen) atoms. The van der Waals surface area contributed by atoms with Crippen LogP contribution in [0.3, 0.4) is 0 Å². The molecule has 3 nitrogen and oxygen atoms in total. The molecule has 0 bridgehead atoms. The summed E-state index contributed by atoms with van der Waals surface area (Å²) in [7, 11) is 0. The SMILES string of the molecule is Cc1ccc([C@@H]2[C@@H](C(=O)c3ccccc3O)[C@H](/C=C/c3ccccc3)N3CCC[C@@H]23)cc1. The average molecular weight is 424 g/mol. The molecule has 3 aromatic carbocycles. The number of carbonyl (C=O) groups is 1. The van der Waals surface area contributed by atoms with Gasteiger partial charge in [0.05, 0.1) is 11.5 Å². The molecule has 162 valence electrons. The van der Waals surface area contributed by atoms with Gasteiger partial charge in [-0.1, -0.05) is 84.4 Å². The topological polar surface area (TPSA) is 40.5 Å². The molecular weight excluding hydrogens is 394 g/mol. The van der Waals surface area contributed by atoms with Gasteiger partial charge in [0.1, 0.15) is 5.75 Å². The maximum absolute atomic E-state index is 14.0. The minimum atomic E-state index is -0.240. The Hall–Kier alpha value is -3.17. The highest BCUT2D eigenvalue weighted by atomic mass is 16.3. The zero-order chi connectivity index (χ0) is 22.1. The number of rotatable bonds is 5. The first-order valence-corrected chi connectivity index (χ1v) is 11.5. The highest BCUT2D eigenvalue weighted by Crippen LogP contribution is 2.49. The lowest BCUT2D eigenvalue weighted by Crippen LogP contribution is -2.34. The molecule has 2 saturated heterocycles. The summed E-state index contributed by atoms with van der Waals surface area (Å²) in [5.41, 5.74) is 4.00.